The molecule has 0 aliphatic carbocycles. The molecule has 2 aromatic heterocycles. The van der Waals surface area contributed by atoms with E-state index < -0.39 is 6.09 Å². The first-order chi connectivity index (χ1) is 14.6. The SMILES string of the molecule is CCOC(=O)N(Cc1ccc2c(ccn2Cc2ccc(F)cc2)c1)c1ccncc1. The Bertz CT molecular complexity index is 1140. The standard InChI is InChI=1S/C24H22FN3O2/c1-2-30-24(29)28(22-9-12-26-13-10-22)17-19-5-8-23-20(15-19)11-14-27(23)16-18-3-6-21(25)7-4-18/h3-15H,2,16-17H2,1H3. The number of carbonyl (C=O) groups excluding carboxylic acids is 1. The summed E-state index contributed by atoms with van der Waals surface area (Å²) in [6.07, 6.45) is 4.93. The normalized spacial score (nSPS) is 10.9. The molecule has 30 heavy (non-hydrogen) atoms. The second kappa shape index (κ2) is 8.78. The number of halogens is 1. The third-order valence-corrected chi connectivity index (χ3v) is 4.90. The summed E-state index contributed by atoms with van der Waals surface area (Å²) in [5.41, 5.74) is 3.84. The highest BCUT2D eigenvalue weighted by Crippen LogP contribution is 2.23. The second-order valence-corrected chi connectivity index (χ2v) is 6.95. The molecule has 0 spiro atoms. The number of rotatable bonds is 6. The minimum absolute atomic E-state index is 0.235. The molecule has 0 atom stereocenters. The molecule has 2 heterocycles. The van der Waals surface area contributed by atoms with Gasteiger partial charge in [-0.15, -0.1) is 0 Å². The molecule has 0 unspecified atom stereocenters. The lowest BCUT2D eigenvalue weighted by Crippen LogP contribution is -2.31. The molecule has 0 bridgehead atoms. The van der Waals surface area contributed by atoms with Gasteiger partial charge >= 0.3 is 6.09 Å². The van der Waals surface area contributed by atoms with Crippen molar-refractivity contribution in [2.24, 2.45) is 0 Å². The molecule has 0 saturated carbocycles. The fourth-order valence-corrected chi connectivity index (χ4v) is 3.44. The molecular weight excluding hydrogens is 381 g/mol. The maximum atomic E-state index is 13.1. The van der Waals surface area contributed by atoms with Crippen molar-refractivity contribution in [1.82, 2.24) is 9.55 Å². The zero-order chi connectivity index (χ0) is 20.9. The zero-order valence-corrected chi connectivity index (χ0v) is 16.7. The van der Waals surface area contributed by atoms with Crippen LogP contribution in [0.3, 0.4) is 0 Å². The Labute approximate surface area is 174 Å². The van der Waals surface area contributed by atoms with Gasteiger partial charge in [0.05, 0.1) is 18.8 Å². The number of hydrogen-bond donors (Lipinski definition) is 0. The number of ether oxygens (including phenoxy) is 1. The summed E-state index contributed by atoms with van der Waals surface area (Å²) in [7, 11) is 0. The smallest absolute Gasteiger partial charge is 0.414 e. The van der Waals surface area contributed by atoms with E-state index in [2.05, 4.69) is 15.6 Å². The molecule has 0 fully saturated rings. The topological polar surface area (TPSA) is 47.4 Å². The predicted molar refractivity (Wildman–Crippen MR) is 115 cm³/mol. The monoisotopic (exact) mass is 403 g/mol. The van der Waals surface area contributed by atoms with Crippen LogP contribution in [0.4, 0.5) is 14.9 Å². The van der Waals surface area contributed by atoms with Gasteiger partial charge in [0.1, 0.15) is 5.82 Å². The summed E-state index contributed by atoms with van der Waals surface area (Å²) in [4.78, 5) is 18.1. The molecule has 0 radical (unpaired) electrons. The van der Waals surface area contributed by atoms with Crippen LogP contribution in [0.25, 0.3) is 10.9 Å². The van der Waals surface area contributed by atoms with Gasteiger partial charge < -0.3 is 9.30 Å². The highest BCUT2D eigenvalue weighted by molar-refractivity contribution is 5.88. The van der Waals surface area contributed by atoms with Gasteiger partial charge in [-0.2, -0.15) is 0 Å². The average molecular weight is 403 g/mol. The van der Waals surface area contributed by atoms with Crippen LogP contribution in [0.2, 0.25) is 0 Å². The molecule has 1 amide bonds. The van der Waals surface area contributed by atoms with Crippen molar-refractivity contribution in [3.63, 3.8) is 0 Å². The lowest BCUT2D eigenvalue weighted by Gasteiger charge is -2.22. The summed E-state index contributed by atoms with van der Waals surface area (Å²) in [6, 6.07) is 18.3. The third-order valence-electron chi connectivity index (χ3n) is 4.90. The molecule has 0 saturated heterocycles. The zero-order valence-electron chi connectivity index (χ0n) is 16.7. The van der Waals surface area contributed by atoms with E-state index in [1.807, 2.05) is 24.4 Å². The van der Waals surface area contributed by atoms with Gasteiger partial charge in [0.25, 0.3) is 0 Å². The van der Waals surface area contributed by atoms with Gasteiger partial charge in [0, 0.05) is 30.7 Å². The van der Waals surface area contributed by atoms with E-state index in [0.717, 1.165) is 27.7 Å². The van der Waals surface area contributed by atoms with Crippen LogP contribution in [0.5, 0.6) is 0 Å². The quantitative estimate of drug-likeness (QED) is 0.434. The Morgan fingerprint density at radius 3 is 2.50 bits per heavy atom. The molecular formula is C24H22FN3O2. The summed E-state index contributed by atoms with van der Waals surface area (Å²) in [5, 5.41) is 1.08. The van der Waals surface area contributed by atoms with E-state index in [1.165, 1.54) is 12.1 Å². The number of fused-ring (bicyclic) bond motifs is 1. The van der Waals surface area contributed by atoms with Crippen LogP contribution < -0.4 is 4.90 Å². The minimum atomic E-state index is -0.391. The number of hydrogen-bond acceptors (Lipinski definition) is 3. The second-order valence-electron chi connectivity index (χ2n) is 6.95. The largest absolute Gasteiger partial charge is 0.449 e. The number of amides is 1. The summed E-state index contributed by atoms with van der Waals surface area (Å²) in [5.74, 6) is -0.235. The van der Waals surface area contributed by atoms with Crippen LogP contribution in [0, 0.1) is 5.82 Å². The summed E-state index contributed by atoms with van der Waals surface area (Å²) >= 11 is 0. The fourth-order valence-electron chi connectivity index (χ4n) is 3.44. The molecule has 0 aliphatic rings. The molecule has 2 aromatic carbocycles. The Balaban J connectivity index is 1.58. The fraction of sp³-hybridized carbons (Fsp3) is 0.167. The van der Waals surface area contributed by atoms with Crippen molar-refractivity contribution in [2.45, 2.75) is 20.0 Å². The van der Waals surface area contributed by atoms with Crippen LogP contribution in [-0.2, 0) is 17.8 Å². The lowest BCUT2D eigenvalue weighted by atomic mass is 10.1. The Morgan fingerprint density at radius 1 is 1.03 bits per heavy atom. The van der Waals surface area contributed by atoms with Crippen molar-refractivity contribution in [3.05, 3.63) is 96.2 Å². The van der Waals surface area contributed by atoms with Crippen LogP contribution in [0.1, 0.15) is 18.1 Å². The van der Waals surface area contributed by atoms with Gasteiger partial charge in [-0.1, -0.05) is 18.2 Å². The van der Waals surface area contributed by atoms with Gasteiger partial charge in [0.15, 0.2) is 0 Å². The summed E-state index contributed by atoms with van der Waals surface area (Å²) < 4.78 is 20.5. The van der Waals surface area contributed by atoms with Crippen LogP contribution in [-0.4, -0.2) is 22.3 Å². The molecule has 4 rings (SSSR count). The Hall–Kier alpha value is -3.67. The van der Waals surface area contributed by atoms with E-state index >= 15 is 0 Å². The third kappa shape index (κ3) is 4.33. The minimum Gasteiger partial charge on any atom is -0.449 e. The van der Waals surface area contributed by atoms with E-state index in [4.69, 9.17) is 4.74 Å². The Kier molecular flexibility index (Phi) is 5.75. The van der Waals surface area contributed by atoms with Gasteiger partial charge in [-0.05, 0) is 65.9 Å². The molecule has 0 N–H and O–H groups in total. The highest BCUT2D eigenvalue weighted by atomic mass is 19.1. The van der Waals surface area contributed by atoms with E-state index in [-0.39, 0.29) is 5.82 Å². The van der Waals surface area contributed by atoms with E-state index in [1.54, 1.807) is 48.5 Å². The maximum absolute atomic E-state index is 13.1. The number of carbonyl (C=O) groups is 1. The van der Waals surface area contributed by atoms with Crippen molar-refractivity contribution >= 4 is 22.7 Å². The van der Waals surface area contributed by atoms with Crippen molar-refractivity contribution in [3.8, 4) is 0 Å². The molecule has 6 heteroatoms. The number of aromatic nitrogens is 2. The lowest BCUT2D eigenvalue weighted by molar-refractivity contribution is 0.159. The van der Waals surface area contributed by atoms with Crippen LogP contribution in [0.15, 0.2) is 79.3 Å². The van der Waals surface area contributed by atoms with E-state index in [0.29, 0.717) is 19.7 Å². The van der Waals surface area contributed by atoms with Crippen molar-refractivity contribution < 1.29 is 13.9 Å². The molecule has 152 valence electrons. The van der Waals surface area contributed by atoms with Crippen LogP contribution >= 0.6 is 0 Å². The number of pyridine rings is 1. The molecule has 0 aliphatic heterocycles. The number of anilines is 1. The van der Waals surface area contributed by atoms with Crippen molar-refractivity contribution in [1.29, 1.82) is 0 Å². The number of benzene rings is 2. The first kappa shape index (κ1) is 19.6. The summed E-state index contributed by atoms with van der Waals surface area (Å²) in [6.45, 7) is 3.15. The molecule has 5 nitrogen and oxygen atoms in total. The first-order valence-electron chi connectivity index (χ1n) is 9.80. The van der Waals surface area contributed by atoms with Crippen molar-refractivity contribution in [2.75, 3.05) is 11.5 Å². The van der Waals surface area contributed by atoms with Gasteiger partial charge in [-0.25, -0.2) is 9.18 Å². The molecule has 4 aromatic rings. The Morgan fingerprint density at radius 2 is 1.77 bits per heavy atom. The average Bonchev–Trinajstić information content (AvgIpc) is 3.16. The number of nitrogens with zero attached hydrogens (tertiary/aromatic N) is 3. The maximum Gasteiger partial charge on any atom is 0.414 e. The first-order valence-corrected chi connectivity index (χ1v) is 9.80. The highest BCUT2D eigenvalue weighted by Gasteiger charge is 2.17. The van der Waals surface area contributed by atoms with Gasteiger partial charge in [-0.3, -0.25) is 9.88 Å². The van der Waals surface area contributed by atoms with E-state index in [9.17, 15) is 9.18 Å². The van der Waals surface area contributed by atoms with Gasteiger partial charge in [0.2, 0.25) is 0 Å². The predicted octanol–water partition coefficient (Wildman–Crippen LogP) is 5.39.